The number of carboxylic acid groups (broad SMARTS) is 1. The molecule has 1 N–H and O–H groups in total. The minimum atomic E-state index is -0.932. The summed E-state index contributed by atoms with van der Waals surface area (Å²) in [6.45, 7) is 3.76. The van der Waals surface area contributed by atoms with Crippen LogP contribution in [0.15, 0.2) is 12.2 Å². The number of hydrogen-bond donors (Lipinski definition) is 1. The molecule has 0 amide bonds. The molecule has 0 aromatic heterocycles. The Morgan fingerprint density at radius 1 is 0.846 bits per heavy atom. The normalized spacial score (nSPS) is 12.4. The summed E-state index contributed by atoms with van der Waals surface area (Å²) >= 11 is 0. The number of aliphatic carboxylic acids is 1. The molecule has 0 aromatic carbocycles. The van der Waals surface area contributed by atoms with Crippen LogP contribution in [0.3, 0.4) is 0 Å². The monoisotopic (exact) mass is 368 g/mol. The second kappa shape index (κ2) is 18.5. The van der Waals surface area contributed by atoms with Crippen LogP contribution in [0.25, 0.3) is 0 Å². The average Bonchev–Trinajstić information content (AvgIpc) is 2.62. The molecule has 0 aliphatic rings. The zero-order chi connectivity index (χ0) is 19.5. The lowest BCUT2D eigenvalue weighted by molar-refractivity contribution is -0.150. The molecule has 0 radical (unpaired) electrons. The summed E-state index contributed by atoms with van der Waals surface area (Å²) < 4.78 is 4.96. The van der Waals surface area contributed by atoms with E-state index >= 15 is 0 Å². The van der Waals surface area contributed by atoms with Gasteiger partial charge in [0.15, 0.2) is 0 Å². The number of esters is 1. The Kier molecular flexibility index (Phi) is 17.5. The van der Waals surface area contributed by atoms with Gasteiger partial charge >= 0.3 is 11.9 Å². The van der Waals surface area contributed by atoms with Gasteiger partial charge in [0, 0.05) is 6.42 Å². The Morgan fingerprint density at radius 3 is 1.88 bits per heavy atom. The van der Waals surface area contributed by atoms with Crippen LogP contribution in [0.2, 0.25) is 0 Å². The van der Waals surface area contributed by atoms with Gasteiger partial charge < -0.3 is 9.84 Å². The van der Waals surface area contributed by atoms with Crippen LogP contribution in [0.4, 0.5) is 0 Å². The highest BCUT2D eigenvalue weighted by molar-refractivity contribution is 5.72. The van der Waals surface area contributed by atoms with Crippen molar-refractivity contribution in [3.8, 4) is 0 Å². The molecule has 0 aliphatic carbocycles. The van der Waals surface area contributed by atoms with Gasteiger partial charge in [-0.1, -0.05) is 70.4 Å². The second-order valence-electron chi connectivity index (χ2n) is 7.26. The molecule has 1 unspecified atom stereocenters. The van der Waals surface area contributed by atoms with Crippen LogP contribution < -0.4 is 0 Å². The van der Waals surface area contributed by atoms with Gasteiger partial charge in [-0.2, -0.15) is 0 Å². The molecule has 4 nitrogen and oxygen atoms in total. The predicted molar refractivity (Wildman–Crippen MR) is 107 cm³/mol. The summed E-state index contributed by atoms with van der Waals surface area (Å²) in [4.78, 5) is 22.1. The van der Waals surface area contributed by atoms with Crippen molar-refractivity contribution < 1.29 is 19.4 Å². The summed E-state index contributed by atoms with van der Waals surface area (Å²) in [5.74, 6) is -1.84. The van der Waals surface area contributed by atoms with Crippen molar-refractivity contribution in [3.63, 3.8) is 0 Å². The maximum Gasteiger partial charge on any atom is 0.309 e. The number of carbonyl (C=O) groups is 2. The molecule has 0 saturated carbocycles. The molecular weight excluding hydrogens is 328 g/mol. The van der Waals surface area contributed by atoms with E-state index in [2.05, 4.69) is 19.1 Å². The molecule has 0 spiro atoms. The van der Waals surface area contributed by atoms with Gasteiger partial charge in [0.1, 0.15) is 6.61 Å². The van der Waals surface area contributed by atoms with Crippen LogP contribution in [-0.2, 0) is 14.3 Å². The third-order valence-electron chi connectivity index (χ3n) is 4.56. The minimum absolute atomic E-state index is 0.0285. The van der Waals surface area contributed by atoms with Crippen LogP contribution >= 0.6 is 0 Å². The van der Waals surface area contributed by atoms with E-state index in [1.165, 1.54) is 64.7 Å². The van der Waals surface area contributed by atoms with Crippen molar-refractivity contribution in [2.24, 2.45) is 5.92 Å². The van der Waals surface area contributed by atoms with E-state index in [9.17, 15) is 9.59 Å². The molecule has 0 bridgehead atoms. The topological polar surface area (TPSA) is 63.6 Å². The van der Waals surface area contributed by atoms with Gasteiger partial charge in [0.2, 0.25) is 0 Å². The van der Waals surface area contributed by atoms with Gasteiger partial charge in [-0.15, -0.1) is 0 Å². The van der Waals surface area contributed by atoms with E-state index in [0.29, 0.717) is 6.42 Å². The van der Waals surface area contributed by atoms with E-state index in [1.54, 1.807) is 0 Å². The summed E-state index contributed by atoms with van der Waals surface area (Å²) in [5, 5.41) is 8.72. The number of allylic oxidation sites excluding steroid dienone is 2. The van der Waals surface area contributed by atoms with Crippen molar-refractivity contribution in [2.75, 3.05) is 6.61 Å². The van der Waals surface area contributed by atoms with E-state index in [-0.39, 0.29) is 12.6 Å². The second-order valence-corrected chi connectivity index (χ2v) is 7.26. The van der Waals surface area contributed by atoms with Crippen molar-refractivity contribution >= 4 is 11.9 Å². The van der Waals surface area contributed by atoms with Crippen LogP contribution in [0, 0.1) is 5.92 Å². The fourth-order valence-corrected chi connectivity index (χ4v) is 2.70. The molecule has 152 valence electrons. The summed E-state index contributed by atoms with van der Waals surface area (Å²) in [7, 11) is 0. The van der Waals surface area contributed by atoms with Gasteiger partial charge in [-0.3, -0.25) is 9.59 Å². The third kappa shape index (κ3) is 17.5. The van der Waals surface area contributed by atoms with E-state index in [0.717, 1.165) is 25.7 Å². The fourth-order valence-electron chi connectivity index (χ4n) is 2.70. The largest absolute Gasteiger partial charge is 0.481 e. The van der Waals surface area contributed by atoms with E-state index in [4.69, 9.17) is 9.84 Å². The van der Waals surface area contributed by atoms with Gasteiger partial charge in [0.25, 0.3) is 0 Å². The van der Waals surface area contributed by atoms with Gasteiger partial charge in [-0.25, -0.2) is 0 Å². The van der Waals surface area contributed by atoms with Crippen molar-refractivity contribution in [1.29, 1.82) is 0 Å². The molecule has 0 rings (SSSR count). The maximum absolute atomic E-state index is 11.5. The number of hydrogen-bond acceptors (Lipinski definition) is 3. The summed E-state index contributed by atoms with van der Waals surface area (Å²) in [6, 6.07) is 0. The van der Waals surface area contributed by atoms with Gasteiger partial charge in [0.05, 0.1) is 5.92 Å². The van der Waals surface area contributed by atoms with Crippen molar-refractivity contribution in [3.05, 3.63) is 12.2 Å². The molecular formula is C22H40O4. The standard InChI is InChI=1S/C22H40O4/c1-3-4-5-6-7-8-9-10-11-12-13-14-15-16-17-18-21(23)26-19-20(2)22(24)25/h10-11,20H,3-9,12-19H2,1-2H3,(H,24,25)/b11-10-. The Hall–Kier alpha value is -1.32. The lowest BCUT2D eigenvalue weighted by Gasteiger charge is -2.07. The quantitative estimate of drug-likeness (QED) is 0.175. The highest BCUT2D eigenvalue weighted by Crippen LogP contribution is 2.10. The molecule has 4 heteroatoms. The SMILES string of the molecule is CCCCCCCC/C=C\CCCCCCCC(=O)OCC(C)C(=O)O. The first kappa shape index (κ1) is 24.7. The first-order valence-electron chi connectivity index (χ1n) is 10.6. The van der Waals surface area contributed by atoms with Crippen molar-refractivity contribution in [1.82, 2.24) is 0 Å². The lowest BCUT2D eigenvalue weighted by atomic mass is 10.1. The summed E-state index contributed by atoms with van der Waals surface area (Å²) in [5.41, 5.74) is 0. The van der Waals surface area contributed by atoms with Crippen LogP contribution in [0.5, 0.6) is 0 Å². The molecule has 0 saturated heterocycles. The van der Waals surface area contributed by atoms with E-state index < -0.39 is 11.9 Å². The molecule has 1 atom stereocenters. The first-order chi connectivity index (χ1) is 12.6. The van der Waals surface area contributed by atoms with E-state index in [1.807, 2.05) is 0 Å². The number of unbranched alkanes of at least 4 members (excludes halogenated alkanes) is 11. The zero-order valence-corrected chi connectivity index (χ0v) is 17.0. The van der Waals surface area contributed by atoms with Gasteiger partial charge in [-0.05, 0) is 39.0 Å². The number of ether oxygens (including phenoxy) is 1. The lowest BCUT2D eigenvalue weighted by Crippen LogP contribution is -2.18. The highest BCUT2D eigenvalue weighted by Gasteiger charge is 2.13. The molecule has 0 heterocycles. The maximum atomic E-state index is 11.5. The predicted octanol–water partition coefficient (Wildman–Crippen LogP) is 6.29. The van der Waals surface area contributed by atoms with Crippen LogP contribution in [0.1, 0.15) is 104 Å². The average molecular weight is 369 g/mol. The Balaban J connectivity index is 3.29. The number of carbonyl (C=O) groups excluding carboxylic acids is 1. The third-order valence-corrected chi connectivity index (χ3v) is 4.56. The highest BCUT2D eigenvalue weighted by atomic mass is 16.5. The minimum Gasteiger partial charge on any atom is -0.481 e. The van der Waals surface area contributed by atoms with Crippen LogP contribution in [-0.4, -0.2) is 23.7 Å². The van der Waals surface area contributed by atoms with Crippen molar-refractivity contribution in [2.45, 2.75) is 104 Å². The first-order valence-corrected chi connectivity index (χ1v) is 10.6. The smallest absolute Gasteiger partial charge is 0.309 e. The Labute approximate surface area is 160 Å². The zero-order valence-electron chi connectivity index (χ0n) is 17.0. The Bertz CT molecular complexity index is 376. The number of rotatable bonds is 18. The number of carboxylic acids is 1. The molecule has 0 aliphatic heterocycles. The summed E-state index contributed by atoms with van der Waals surface area (Å²) in [6.07, 6.45) is 21.0. The molecule has 0 aromatic rings. The fraction of sp³-hybridized carbons (Fsp3) is 0.818. The molecule has 26 heavy (non-hydrogen) atoms. The molecule has 0 fully saturated rings. The Morgan fingerprint density at radius 2 is 1.35 bits per heavy atom.